The summed E-state index contributed by atoms with van der Waals surface area (Å²) < 4.78 is 5.46. The molecule has 1 aromatic rings. The van der Waals surface area contributed by atoms with Crippen molar-refractivity contribution >= 4 is 6.03 Å². The van der Waals surface area contributed by atoms with Crippen molar-refractivity contribution < 1.29 is 9.53 Å². The number of nitrogens with one attached hydrogen (secondary N) is 2. The maximum Gasteiger partial charge on any atom is 0.315 e. The lowest BCUT2D eigenvalue weighted by Gasteiger charge is -2.23. The quantitative estimate of drug-likeness (QED) is 0.878. The van der Waals surface area contributed by atoms with E-state index in [9.17, 15) is 4.79 Å². The van der Waals surface area contributed by atoms with E-state index in [2.05, 4.69) is 10.6 Å². The van der Waals surface area contributed by atoms with E-state index in [1.165, 1.54) is 0 Å². The summed E-state index contributed by atoms with van der Waals surface area (Å²) in [6.45, 7) is 8.32. The lowest BCUT2D eigenvalue weighted by atomic mass is 10.0. The van der Waals surface area contributed by atoms with E-state index in [1.807, 2.05) is 52.0 Å². The maximum atomic E-state index is 11.7. The zero-order valence-corrected chi connectivity index (χ0v) is 12.4. The molecular formula is C15H24N2O2. The minimum Gasteiger partial charge on any atom is -0.375 e. The first kappa shape index (κ1) is 15.5. The fourth-order valence-corrected chi connectivity index (χ4v) is 1.84. The number of ether oxygens (including phenoxy) is 1. The van der Waals surface area contributed by atoms with E-state index in [0.717, 1.165) is 11.1 Å². The topological polar surface area (TPSA) is 50.4 Å². The molecule has 2 N–H and O–H groups in total. The van der Waals surface area contributed by atoms with Crippen molar-refractivity contribution in [3.8, 4) is 0 Å². The van der Waals surface area contributed by atoms with Gasteiger partial charge in [0.1, 0.15) is 0 Å². The molecule has 0 aliphatic heterocycles. The van der Waals surface area contributed by atoms with Gasteiger partial charge in [0, 0.05) is 19.2 Å². The van der Waals surface area contributed by atoms with Gasteiger partial charge in [0.15, 0.2) is 0 Å². The molecule has 0 saturated carbocycles. The first-order valence-corrected chi connectivity index (χ1v) is 6.48. The Bertz CT molecular complexity index is 424. The van der Waals surface area contributed by atoms with E-state index in [1.54, 1.807) is 7.11 Å². The number of urea groups is 1. The highest BCUT2D eigenvalue weighted by Gasteiger charge is 2.16. The summed E-state index contributed by atoms with van der Waals surface area (Å²) in [5, 5.41) is 5.70. The van der Waals surface area contributed by atoms with Crippen molar-refractivity contribution in [3.05, 3.63) is 35.4 Å². The van der Waals surface area contributed by atoms with Crippen LogP contribution >= 0.6 is 0 Å². The van der Waals surface area contributed by atoms with Crippen LogP contribution in [0.4, 0.5) is 4.79 Å². The van der Waals surface area contributed by atoms with Crippen LogP contribution in [0.1, 0.15) is 38.0 Å². The van der Waals surface area contributed by atoms with Crippen LogP contribution in [0, 0.1) is 6.92 Å². The number of carbonyl (C=O) groups excluding carboxylic acids is 1. The molecule has 1 aromatic carbocycles. The summed E-state index contributed by atoms with van der Waals surface area (Å²) in [5.74, 6) is 0. The number of hydrogen-bond acceptors (Lipinski definition) is 2. The first-order valence-electron chi connectivity index (χ1n) is 6.48. The Morgan fingerprint density at radius 1 is 1.32 bits per heavy atom. The predicted octanol–water partition coefficient (Wildman–Crippen LogP) is 2.78. The number of rotatable bonds is 4. The molecule has 1 unspecified atom stereocenters. The molecule has 0 radical (unpaired) electrons. The molecule has 0 aromatic heterocycles. The highest BCUT2D eigenvalue weighted by molar-refractivity contribution is 5.74. The van der Waals surface area contributed by atoms with Crippen molar-refractivity contribution in [2.45, 2.75) is 39.3 Å². The molecule has 0 spiro atoms. The number of aryl methyl sites for hydroxylation is 1. The third kappa shape index (κ3) is 5.30. The number of methoxy groups -OCH3 is 1. The molecule has 0 fully saturated rings. The summed E-state index contributed by atoms with van der Waals surface area (Å²) in [5.41, 5.74) is 2.02. The molecular weight excluding hydrogens is 240 g/mol. The molecule has 0 bridgehead atoms. The zero-order chi connectivity index (χ0) is 14.5. The van der Waals surface area contributed by atoms with Crippen LogP contribution in [0.2, 0.25) is 0 Å². The molecule has 0 saturated heterocycles. The highest BCUT2D eigenvalue weighted by atomic mass is 16.5. The van der Waals surface area contributed by atoms with E-state index in [-0.39, 0.29) is 17.7 Å². The molecule has 106 valence electrons. The van der Waals surface area contributed by atoms with Gasteiger partial charge in [-0.1, -0.05) is 24.3 Å². The van der Waals surface area contributed by atoms with Crippen molar-refractivity contribution in [3.63, 3.8) is 0 Å². The molecule has 2 amide bonds. The Balaban J connectivity index is 2.59. The van der Waals surface area contributed by atoms with Crippen LogP contribution in [-0.2, 0) is 4.74 Å². The number of benzene rings is 1. The lowest BCUT2D eigenvalue weighted by Crippen LogP contribution is -2.47. The van der Waals surface area contributed by atoms with E-state index in [4.69, 9.17) is 4.74 Å². The molecule has 0 heterocycles. The molecule has 1 rings (SSSR count). The maximum absolute atomic E-state index is 11.7. The van der Waals surface area contributed by atoms with Crippen LogP contribution in [0.15, 0.2) is 24.3 Å². The minimum atomic E-state index is -0.241. The van der Waals surface area contributed by atoms with E-state index in [0.29, 0.717) is 6.54 Å². The van der Waals surface area contributed by atoms with Gasteiger partial charge in [-0.15, -0.1) is 0 Å². The smallest absolute Gasteiger partial charge is 0.315 e. The van der Waals surface area contributed by atoms with E-state index < -0.39 is 0 Å². The Morgan fingerprint density at radius 2 is 1.95 bits per heavy atom. The lowest BCUT2D eigenvalue weighted by molar-refractivity contribution is 0.103. The van der Waals surface area contributed by atoms with Gasteiger partial charge in [0.05, 0.1) is 6.10 Å². The predicted molar refractivity (Wildman–Crippen MR) is 77.2 cm³/mol. The largest absolute Gasteiger partial charge is 0.375 e. The van der Waals surface area contributed by atoms with Gasteiger partial charge in [0.2, 0.25) is 0 Å². The highest BCUT2D eigenvalue weighted by Crippen LogP contribution is 2.19. The van der Waals surface area contributed by atoms with Crippen molar-refractivity contribution in [2.75, 3.05) is 13.7 Å². The van der Waals surface area contributed by atoms with Crippen molar-refractivity contribution in [1.29, 1.82) is 0 Å². The molecule has 4 nitrogen and oxygen atoms in total. The third-order valence-corrected chi connectivity index (χ3v) is 2.76. The Morgan fingerprint density at radius 3 is 2.47 bits per heavy atom. The summed E-state index contributed by atoms with van der Waals surface area (Å²) in [4.78, 5) is 11.7. The molecule has 4 heteroatoms. The normalized spacial score (nSPS) is 12.9. The molecule has 19 heavy (non-hydrogen) atoms. The second-order valence-corrected chi connectivity index (χ2v) is 5.67. The second kappa shape index (κ2) is 6.57. The number of hydrogen-bond donors (Lipinski definition) is 2. The van der Waals surface area contributed by atoms with Crippen molar-refractivity contribution in [1.82, 2.24) is 10.6 Å². The minimum absolute atomic E-state index is 0.132. The zero-order valence-electron chi connectivity index (χ0n) is 12.4. The fourth-order valence-electron chi connectivity index (χ4n) is 1.84. The van der Waals surface area contributed by atoms with Crippen LogP contribution in [0.25, 0.3) is 0 Å². The van der Waals surface area contributed by atoms with Gasteiger partial charge in [-0.3, -0.25) is 0 Å². The van der Waals surface area contributed by atoms with Gasteiger partial charge in [0.25, 0.3) is 0 Å². The van der Waals surface area contributed by atoms with Gasteiger partial charge >= 0.3 is 6.03 Å². The fraction of sp³-hybridized carbons (Fsp3) is 0.533. The number of carbonyl (C=O) groups is 1. The van der Waals surface area contributed by atoms with Crippen LogP contribution in [-0.4, -0.2) is 25.2 Å². The molecule has 0 aliphatic rings. The van der Waals surface area contributed by atoms with Crippen LogP contribution in [0.3, 0.4) is 0 Å². The second-order valence-electron chi connectivity index (χ2n) is 5.67. The first-order chi connectivity index (χ1) is 8.83. The van der Waals surface area contributed by atoms with Gasteiger partial charge in [-0.05, 0) is 38.8 Å². The van der Waals surface area contributed by atoms with Gasteiger partial charge in [-0.25, -0.2) is 4.79 Å². The van der Waals surface area contributed by atoms with Crippen LogP contribution in [0.5, 0.6) is 0 Å². The molecule has 1 atom stereocenters. The van der Waals surface area contributed by atoms with Crippen LogP contribution < -0.4 is 10.6 Å². The average molecular weight is 264 g/mol. The SMILES string of the molecule is COC(CNC(=O)NC(C)(C)C)c1ccccc1C. The number of amides is 2. The van der Waals surface area contributed by atoms with E-state index >= 15 is 0 Å². The summed E-state index contributed by atoms with van der Waals surface area (Å²) in [7, 11) is 1.65. The summed E-state index contributed by atoms with van der Waals surface area (Å²) in [6, 6.07) is 7.85. The summed E-state index contributed by atoms with van der Waals surface area (Å²) >= 11 is 0. The Hall–Kier alpha value is -1.55. The van der Waals surface area contributed by atoms with Gasteiger partial charge < -0.3 is 15.4 Å². The summed E-state index contributed by atoms with van der Waals surface area (Å²) in [6.07, 6.45) is -0.132. The monoisotopic (exact) mass is 264 g/mol. The van der Waals surface area contributed by atoms with Gasteiger partial charge in [-0.2, -0.15) is 0 Å². The average Bonchev–Trinajstić information content (AvgIpc) is 2.29. The Kier molecular flexibility index (Phi) is 5.36. The molecule has 0 aliphatic carbocycles. The van der Waals surface area contributed by atoms with Crippen molar-refractivity contribution in [2.24, 2.45) is 0 Å². The standard InChI is InChI=1S/C15H24N2O2/c1-11-8-6-7-9-12(11)13(19-5)10-16-14(18)17-15(2,3)4/h6-9,13H,10H2,1-5H3,(H2,16,17,18). The third-order valence-electron chi connectivity index (χ3n) is 2.76. The Labute approximate surface area is 115 Å².